The summed E-state index contributed by atoms with van der Waals surface area (Å²) in [6, 6.07) is 14.7. The number of carbonyl (C=O) groups excluding carboxylic acids is 1. The SMILES string of the molecule is CCn1c(CCC(=O)Nc2c(C)nn(-c3ccccc3)c2C)nc2cc(S(=O)(=O)N(C)C)ccc21. The summed E-state index contributed by atoms with van der Waals surface area (Å²) < 4.78 is 30.0. The fourth-order valence-corrected chi connectivity index (χ4v) is 5.07. The smallest absolute Gasteiger partial charge is 0.242 e. The van der Waals surface area contributed by atoms with E-state index in [-0.39, 0.29) is 17.2 Å². The van der Waals surface area contributed by atoms with Crippen LogP contribution in [0.5, 0.6) is 0 Å². The van der Waals surface area contributed by atoms with E-state index in [1.165, 1.54) is 18.4 Å². The molecule has 0 aliphatic carbocycles. The molecule has 9 nitrogen and oxygen atoms in total. The first-order chi connectivity index (χ1) is 16.6. The Morgan fingerprint density at radius 3 is 2.46 bits per heavy atom. The highest BCUT2D eigenvalue weighted by Crippen LogP contribution is 2.25. The van der Waals surface area contributed by atoms with Gasteiger partial charge in [-0.1, -0.05) is 18.2 Å². The van der Waals surface area contributed by atoms with Crippen molar-refractivity contribution in [2.75, 3.05) is 19.4 Å². The molecule has 0 atom stereocenters. The highest BCUT2D eigenvalue weighted by molar-refractivity contribution is 7.89. The minimum atomic E-state index is -3.55. The Morgan fingerprint density at radius 1 is 1.09 bits per heavy atom. The van der Waals surface area contributed by atoms with E-state index in [0.29, 0.717) is 24.2 Å². The molecule has 1 amide bonds. The molecule has 184 valence electrons. The van der Waals surface area contributed by atoms with Gasteiger partial charge in [-0.15, -0.1) is 0 Å². The van der Waals surface area contributed by atoms with Gasteiger partial charge in [0.1, 0.15) is 5.82 Å². The molecule has 0 bridgehead atoms. The number of nitrogens with zero attached hydrogens (tertiary/aromatic N) is 5. The molecule has 0 unspecified atom stereocenters. The molecule has 0 aliphatic rings. The second-order valence-electron chi connectivity index (χ2n) is 8.55. The first kappa shape index (κ1) is 24.6. The topological polar surface area (TPSA) is 102 Å². The van der Waals surface area contributed by atoms with Crippen molar-refractivity contribution >= 4 is 32.7 Å². The Labute approximate surface area is 205 Å². The summed E-state index contributed by atoms with van der Waals surface area (Å²) in [6.07, 6.45) is 0.663. The molecule has 0 radical (unpaired) electrons. The van der Waals surface area contributed by atoms with Crippen LogP contribution in [0.25, 0.3) is 16.7 Å². The van der Waals surface area contributed by atoms with E-state index >= 15 is 0 Å². The molecular weight excluding hydrogens is 464 g/mol. The maximum atomic E-state index is 12.8. The summed E-state index contributed by atoms with van der Waals surface area (Å²) in [5, 5.41) is 7.59. The van der Waals surface area contributed by atoms with Crippen LogP contribution in [0.2, 0.25) is 0 Å². The second-order valence-corrected chi connectivity index (χ2v) is 10.7. The van der Waals surface area contributed by atoms with Gasteiger partial charge in [0, 0.05) is 33.5 Å². The third-order valence-electron chi connectivity index (χ3n) is 6.03. The normalized spacial score (nSPS) is 11.9. The molecule has 0 spiro atoms. The Morgan fingerprint density at radius 2 is 1.80 bits per heavy atom. The number of benzene rings is 2. The van der Waals surface area contributed by atoms with Crippen molar-refractivity contribution in [3.63, 3.8) is 0 Å². The van der Waals surface area contributed by atoms with Gasteiger partial charge in [-0.05, 0) is 51.1 Å². The van der Waals surface area contributed by atoms with Crippen molar-refractivity contribution in [1.29, 1.82) is 0 Å². The van der Waals surface area contributed by atoms with Crippen molar-refractivity contribution in [2.24, 2.45) is 0 Å². The van der Waals surface area contributed by atoms with Crippen molar-refractivity contribution < 1.29 is 13.2 Å². The van der Waals surface area contributed by atoms with Gasteiger partial charge in [0.05, 0.1) is 38.7 Å². The standard InChI is InChI=1S/C25H30N6O3S/c1-6-30-22-13-12-20(35(33,34)29(4)5)16-21(22)26-23(30)14-15-24(32)27-25-17(2)28-31(18(25)3)19-10-8-7-9-11-19/h7-13,16H,6,14-15H2,1-5H3,(H,27,32). The number of aryl methyl sites for hydroxylation is 3. The van der Waals surface area contributed by atoms with Gasteiger partial charge >= 0.3 is 0 Å². The third-order valence-corrected chi connectivity index (χ3v) is 7.84. The number of aromatic nitrogens is 4. The number of anilines is 1. The molecule has 0 saturated heterocycles. The van der Waals surface area contributed by atoms with Crippen molar-refractivity contribution in [1.82, 2.24) is 23.6 Å². The zero-order chi connectivity index (χ0) is 25.3. The Hall–Kier alpha value is -3.50. The van der Waals surface area contributed by atoms with E-state index in [1.807, 2.05) is 60.4 Å². The number of para-hydroxylation sites is 1. The van der Waals surface area contributed by atoms with Gasteiger partial charge < -0.3 is 9.88 Å². The zero-order valence-electron chi connectivity index (χ0n) is 20.6. The second kappa shape index (κ2) is 9.63. The van der Waals surface area contributed by atoms with Crippen molar-refractivity contribution in [2.45, 2.75) is 45.1 Å². The molecular formula is C25H30N6O3S. The average Bonchev–Trinajstić information content (AvgIpc) is 3.34. The van der Waals surface area contributed by atoms with E-state index in [1.54, 1.807) is 18.2 Å². The lowest BCUT2D eigenvalue weighted by Crippen LogP contribution is -2.22. The summed E-state index contributed by atoms with van der Waals surface area (Å²) in [5.41, 5.74) is 4.69. The predicted octanol–water partition coefficient (Wildman–Crippen LogP) is 3.68. The van der Waals surface area contributed by atoms with Crippen LogP contribution >= 0.6 is 0 Å². The van der Waals surface area contributed by atoms with Gasteiger partial charge in [0.2, 0.25) is 15.9 Å². The number of hydrogen-bond acceptors (Lipinski definition) is 5. The van der Waals surface area contributed by atoms with E-state index < -0.39 is 10.0 Å². The molecule has 4 aromatic rings. The number of nitrogens with one attached hydrogen (secondary N) is 1. The van der Waals surface area contributed by atoms with E-state index in [9.17, 15) is 13.2 Å². The number of hydrogen-bond donors (Lipinski definition) is 1. The van der Waals surface area contributed by atoms with Gasteiger partial charge in [0.25, 0.3) is 0 Å². The molecule has 0 saturated carbocycles. The van der Waals surface area contributed by atoms with Gasteiger partial charge in [-0.3, -0.25) is 4.79 Å². The highest BCUT2D eigenvalue weighted by Gasteiger charge is 2.20. The summed E-state index contributed by atoms with van der Waals surface area (Å²) in [7, 11) is -0.551. The Kier molecular flexibility index (Phi) is 6.77. The van der Waals surface area contributed by atoms with Crippen LogP contribution in [-0.2, 0) is 27.8 Å². The van der Waals surface area contributed by atoms with Crippen molar-refractivity contribution in [3.05, 3.63) is 65.7 Å². The minimum absolute atomic E-state index is 0.130. The lowest BCUT2D eigenvalue weighted by Gasteiger charge is -2.11. The summed E-state index contributed by atoms with van der Waals surface area (Å²) in [6.45, 7) is 6.46. The average molecular weight is 495 g/mol. The molecule has 0 fully saturated rings. The van der Waals surface area contributed by atoms with E-state index in [0.717, 1.165) is 28.4 Å². The third kappa shape index (κ3) is 4.71. The summed E-state index contributed by atoms with van der Waals surface area (Å²) in [5.74, 6) is 0.611. The number of fused-ring (bicyclic) bond motifs is 1. The number of carbonyl (C=O) groups is 1. The van der Waals surface area contributed by atoms with Crippen LogP contribution in [0.1, 0.15) is 30.6 Å². The van der Waals surface area contributed by atoms with Crippen LogP contribution in [0.3, 0.4) is 0 Å². The molecule has 35 heavy (non-hydrogen) atoms. The summed E-state index contributed by atoms with van der Waals surface area (Å²) >= 11 is 0. The maximum absolute atomic E-state index is 12.8. The fourth-order valence-electron chi connectivity index (χ4n) is 4.15. The quantitative estimate of drug-likeness (QED) is 0.403. The first-order valence-corrected chi connectivity index (χ1v) is 12.9. The molecule has 2 aromatic carbocycles. The lowest BCUT2D eigenvalue weighted by molar-refractivity contribution is -0.116. The predicted molar refractivity (Wildman–Crippen MR) is 136 cm³/mol. The Balaban J connectivity index is 1.53. The molecule has 0 aliphatic heterocycles. The fraction of sp³-hybridized carbons (Fsp3) is 0.320. The maximum Gasteiger partial charge on any atom is 0.242 e. The van der Waals surface area contributed by atoms with Gasteiger partial charge in [0.15, 0.2) is 0 Å². The van der Waals surface area contributed by atoms with Crippen LogP contribution in [0, 0.1) is 13.8 Å². The van der Waals surface area contributed by atoms with Gasteiger partial charge in [-0.25, -0.2) is 22.4 Å². The molecule has 4 rings (SSSR count). The van der Waals surface area contributed by atoms with E-state index in [2.05, 4.69) is 15.4 Å². The highest BCUT2D eigenvalue weighted by atomic mass is 32.2. The van der Waals surface area contributed by atoms with Crippen LogP contribution < -0.4 is 5.32 Å². The molecule has 2 aromatic heterocycles. The van der Waals surface area contributed by atoms with Crippen molar-refractivity contribution in [3.8, 4) is 5.69 Å². The van der Waals surface area contributed by atoms with Crippen LogP contribution in [0.4, 0.5) is 5.69 Å². The van der Waals surface area contributed by atoms with Crippen LogP contribution in [0.15, 0.2) is 53.4 Å². The Bertz CT molecular complexity index is 1490. The number of imidazole rings is 1. The molecule has 2 heterocycles. The lowest BCUT2D eigenvalue weighted by atomic mass is 10.2. The number of rotatable bonds is 8. The molecule has 1 N–H and O–H groups in total. The number of sulfonamides is 1. The van der Waals surface area contributed by atoms with Crippen LogP contribution in [-0.4, -0.2) is 52.1 Å². The first-order valence-electron chi connectivity index (χ1n) is 11.5. The monoisotopic (exact) mass is 494 g/mol. The van der Waals surface area contributed by atoms with E-state index in [4.69, 9.17) is 0 Å². The van der Waals surface area contributed by atoms with Gasteiger partial charge in [-0.2, -0.15) is 5.10 Å². The zero-order valence-corrected chi connectivity index (χ0v) is 21.4. The largest absolute Gasteiger partial charge is 0.328 e. The molecule has 10 heteroatoms. The number of amides is 1. The minimum Gasteiger partial charge on any atom is -0.328 e. The summed E-state index contributed by atoms with van der Waals surface area (Å²) in [4.78, 5) is 17.7.